The number of phenols is 2. The van der Waals surface area contributed by atoms with E-state index in [0.29, 0.717) is 12.0 Å². The molecule has 0 aliphatic carbocycles. The van der Waals surface area contributed by atoms with Crippen LogP contribution in [0.4, 0.5) is 0 Å². The fraction of sp³-hybridized carbons (Fsp3) is 0.182. The van der Waals surface area contributed by atoms with Gasteiger partial charge in [0.25, 0.3) is 0 Å². The zero-order chi connectivity index (χ0) is 11.4. The zero-order valence-corrected chi connectivity index (χ0v) is 8.40. The van der Waals surface area contributed by atoms with Crippen LogP contribution in [0.1, 0.15) is 12.5 Å². The predicted molar refractivity (Wildman–Crippen MR) is 56.4 cm³/mol. The first-order valence-corrected chi connectivity index (χ1v) is 4.48. The van der Waals surface area contributed by atoms with Crippen molar-refractivity contribution >= 4 is 5.91 Å². The quantitative estimate of drug-likeness (QED) is 0.512. The third kappa shape index (κ3) is 3.02. The highest BCUT2D eigenvalue weighted by Gasteiger charge is 2.00. The van der Waals surface area contributed by atoms with Crippen LogP contribution in [0.25, 0.3) is 0 Å². The van der Waals surface area contributed by atoms with Crippen molar-refractivity contribution in [1.82, 2.24) is 0 Å². The first-order chi connectivity index (χ1) is 7.00. The Morgan fingerprint density at radius 2 is 2.07 bits per heavy atom. The maximum Gasteiger partial charge on any atom is 0.244 e. The highest BCUT2D eigenvalue weighted by molar-refractivity contribution is 5.91. The number of hydrogen-bond donors (Lipinski definition) is 3. The van der Waals surface area contributed by atoms with E-state index in [0.717, 1.165) is 5.56 Å². The monoisotopic (exact) mass is 207 g/mol. The smallest absolute Gasteiger partial charge is 0.244 e. The van der Waals surface area contributed by atoms with Gasteiger partial charge in [-0.2, -0.15) is 0 Å². The van der Waals surface area contributed by atoms with Gasteiger partial charge in [0.05, 0.1) is 0 Å². The molecule has 15 heavy (non-hydrogen) atoms. The van der Waals surface area contributed by atoms with E-state index in [1.807, 2.05) is 0 Å². The Morgan fingerprint density at radius 1 is 1.40 bits per heavy atom. The Morgan fingerprint density at radius 3 is 2.60 bits per heavy atom. The lowest BCUT2D eigenvalue weighted by Gasteiger charge is -2.01. The fourth-order valence-electron chi connectivity index (χ4n) is 1.07. The Labute approximate surface area is 87.7 Å². The Hall–Kier alpha value is -1.97. The van der Waals surface area contributed by atoms with Crippen LogP contribution in [-0.4, -0.2) is 16.1 Å². The molecule has 0 aliphatic heterocycles. The number of nitrogens with two attached hydrogens (primary N) is 1. The molecule has 0 radical (unpaired) electrons. The lowest BCUT2D eigenvalue weighted by Crippen LogP contribution is -2.11. The van der Waals surface area contributed by atoms with Crippen molar-refractivity contribution in [1.29, 1.82) is 0 Å². The minimum Gasteiger partial charge on any atom is -0.504 e. The molecule has 0 atom stereocenters. The van der Waals surface area contributed by atoms with Crippen LogP contribution in [0.15, 0.2) is 29.8 Å². The summed E-state index contributed by atoms with van der Waals surface area (Å²) in [5.41, 5.74) is 6.33. The van der Waals surface area contributed by atoms with E-state index in [-0.39, 0.29) is 11.5 Å². The van der Waals surface area contributed by atoms with Crippen LogP contribution in [0.3, 0.4) is 0 Å². The van der Waals surface area contributed by atoms with Gasteiger partial charge in [0.1, 0.15) is 0 Å². The van der Waals surface area contributed by atoms with Crippen molar-refractivity contribution in [2.24, 2.45) is 5.73 Å². The number of rotatable bonds is 3. The predicted octanol–water partition coefficient (Wildman–Crippen LogP) is 1.07. The van der Waals surface area contributed by atoms with Crippen LogP contribution < -0.4 is 5.73 Å². The molecular weight excluding hydrogens is 194 g/mol. The number of amides is 1. The lowest BCUT2D eigenvalue weighted by atomic mass is 10.1. The summed E-state index contributed by atoms with van der Waals surface area (Å²) in [4.78, 5) is 10.7. The second kappa shape index (κ2) is 4.50. The number of carbonyl (C=O) groups excluding carboxylic acids is 1. The van der Waals surface area contributed by atoms with Crippen LogP contribution in [0.5, 0.6) is 11.5 Å². The molecular formula is C11H13NO3. The van der Waals surface area contributed by atoms with Gasteiger partial charge in [-0.1, -0.05) is 12.1 Å². The Bertz CT molecular complexity index is 410. The van der Waals surface area contributed by atoms with E-state index < -0.39 is 5.91 Å². The van der Waals surface area contributed by atoms with Crippen molar-refractivity contribution in [3.63, 3.8) is 0 Å². The third-order valence-corrected chi connectivity index (χ3v) is 2.07. The second-order valence-electron chi connectivity index (χ2n) is 3.28. The molecule has 0 saturated carbocycles. The fourth-order valence-corrected chi connectivity index (χ4v) is 1.07. The highest BCUT2D eigenvalue weighted by Crippen LogP contribution is 2.25. The average Bonchev–Trinajstić information content (AvgIpc) is 2.19. The van der Waals surface area contributed by atoms with Crippen molar-refractivity contribution in [3.05, 3.63) is 35.4 Å². The summed E-state index contributed by atoms with van der Waals surface area (Å²) >= 11 is 0. The molecule has 0 bridgehead atoms. The van der Waals surface area contributed by atoms with Gasteiger partial charge in [0.15, 0.2) is 11.5 Å². The summed E-state index contributed by atoms with van der Waals surface area (Å²) in [6.07, 6.45) is 2.16. The number of allylic oxidation sites excluding steroid dienone is 1. The first-order valence-electron chi connectivity index (χ1n) is 4.48. The van der Waals surface area contributed by atoms with E-state index in [2.05, 4.69) is 0 Å². The Kier molecular flexibility index (Phi) is 3.33. The zero-order valence-electron chi connectivity index (χ0n) is 8.40. The largest absolute Gasteiger partial charge is 0.504 e. The summed E-state index contributed by atoms with van der Waals surface area (Å²) in [6.45, 7) is 1.63. The minimum atomic E-state index is -0.460. The van der Waals surface area contributed by atoms with Gasteiger partial charge in [0.2, 0.25) is 5.91 Å². The molecule has 0 heterocycles. The standard InChI is InChI=1S/C11H13NO3/c1-7(11(12)15)2-3-8-4-5-9(13)10(14)6-8/h2,4-6,13-14H,3H2,1H3,(H2,12,15)/b7-2+. The Balaban J connectivity index is 2.78. The van der Waals surface area contributed by atoms with Crippen LogP contribution in [0, 0.1) is 0 Å². The maximum atomic E-state index is 10.7. The SMILES string of the molecule is C/C(=C\Cc1ccc(O)c(O)c1)C(N)=O. The normalized spacial score (nSPS) is 11.4. The summed E-state index contributed by atoms with van der Waals surface area (Å²) in [5, 5.41) is 18.3. The molecule has 4 nitrogen and oxygen atoms in total. The molecule has 4 heteroatoms. The van der Waals surface area contributed by atoms with Gasteiger partial charge < -0.3 is 15.9 Å². The lowest BCUT2D eigenvalue weighted by molar-refractivity contribution is -0.114. The third-order valence-electron chi connectivity index (χ3n) is 2.07. The van der Waals surface area contributed by atoms with E-state index in [1.165, 1.54) is 12.1 Å². The molecule has 1 rings (SSSR count). The topological polar surface area (TPSA) is 83.6 Å². The maximum absolute atomic E-state index is 10.7. The number of benzene rings is 1. The number of carbonyl (C=O) groups is 1. The van der Waals surface area contributed by atoms with Crippen LogP contribution in [0.2, 0.25) is 0 Å². The molecule has 0 saturated heterocycles. The molecule has 0 aliphatic rings. The highest BCUT2D eigenvalue weighted by atomic mass is 16.3. The molecule has 0 spiro atoms. The van der Waals surface area contributed by atoms with Crippen molar-refractivity contribution in [2.75, 3.05) is 0 Å². The van der Waals surface area contributed by atoms with Crippen LogP contribution >= 0.6 is 0 Å². The molecule has 1 aromatic rings. The molecule has 4 N–H and O–H groups in total. The molecule has 0 fully saturated rings. The van der Waals surface area contributed by atoms with Crippen molar-refractivity contribution < 1.29 is 15.0 Å². The van der Waals surface area contributed by atoms with Gasteiger partial charge in [-0.05, 0) is 31.0 Å². The van der Waals surface area contributed by atoms with Crippen molar-refractivity contribution in [3.8, 4) is 11.5 Å². The summed E-state index contributed by atoms with van der Waals surface area (Å²) in [6, 6.07) is 4.51. The van der Waals surface area contributed by atoms with E-state index >= 15 is 0 Å². The van der Waals surface area contributed by atoms with Gasteiger partial charge in [-0.25, -0.2) is 0 Å². The molecule has 0 unspecified atom stereocenters. The van der Waals surface area contributed by atoms with Crippen molar-refractivity contribution in [2.45, 2.75) is 13.3 Å². The number of aromatic hydroxyl groups is 2. The van der Waals surface area contributed by atoms with Gasteiger partial charge in [-0.3, -0.25) is 4.79 Å². The van der Waals surface area contributed by atoms with E-state index in [9.17, 15) is 9.90 Å². The second-order valence-corrected chi connectivity index (χ2v) is 3.28. The molecule has 1 amide bonds. The number of phenolic OH excluding ortho intramolecular Hbond substituents is 2. The van der Waals surface area contributed by atoms with Gasteiger partial charge >= 0.3 is 0 Å². The number of hydrogen-bond acceptors (Lipinski definition) is 3. The summed E-state index contributed by atoms with van der Waals surface area (Å²) in [5.74, 6) is -0.787. The number of primary amides is 1. The first kappa shape index (κ1) is 11.1. The molecule has 80 valence electrons. The van der Waals surface area contributed by atoms with E-state index in [4.69, 9.17) is 10.8 Å². The summed E-state index contributed by atoms with van der Waals surface area (Å²) < 4.78 is 0. The van der Waals surface area contributed by atoms with Gasteiger partial charge in [0, 0.05) is 5.57 Å². The van der Waals surface area contributed by atoms with Crippen LogP contribution in [-0.2, 0) is 11.2 Å². The molecule has 1 aromatic carbocycles. The van der Waals surface area contributed by atoms with Gasteiger partial charge in [-0.15, -0.1) is 0 Å². The minimum absolute atomic E-state index is 0.158. The molecule has 0 aromatic heterocycles. The summed E-state index contributed by atoms with van der Waals surface area (Å²) in [7, 11) is 0. The average molecular weight is 207 g/mol. The van der Waals surface area contributed by atoms with E-state index in [1.54, 1.807) is 19.1 Å².